The predicted octanol–water partition coefficient (Wildman–Crippen LogP) is 6.19. The van der Waals surface area contributed by atoms with Crippen molar-refractivity contribution in [3.8, 4) is 0 Å². The molecule has 194 valence electrons. The van der Waals surface area contributed by atoms with Gasteiger partial charge in [0.15, 0.2) is 0 Å². The molecule has 0 heterocycles. The van der Waals surface area contributed by atoms with E-state index in [4.69, 9.17) is 9.71 Å². The zero-order chi connectivity index (χ0) is 25.2. The summed E-state index contributed by atoms with van der Waals surface area (Å²) < 4.78 is 29.7. The Kier molecular flexibility index (Phi) is 15.9. The molecule has 1 aromatic carbocycles. The highest BCUT2D eigenvalue weighted by molar-refractivity contribution is 7.86. The molecule has 1 rings (SSSR count). The lowest BCUT2D eigenvalue weighted by Gasteiger charge is -2.23. The summed E-state index contributed by atoms with van der Waals surface area (Å²) in [5, 5.41) is 24.2. The van der Waals surface area contributed by atoms with Crippen LogP contribution in [0.2, 0.25) is 0 Å². The van der Waals surface area contributed by atoms with E-state index in [0.29, 0.717) is 6.42 Å². The maximum atomic E-state index is 12.3. The van der Waals surface area contributed by atoms with Gasteiger partial charge >= 0.3 is 0 Å². The first-order valence-electron chi connectivity index (χ1n) is 12.7. The number of hydrogen-bond donors (Lipinski definition) is 2. The van der Waals surface area contributed by atoms with Gasteiger partial charge in [-0.3, -0.25) is 4.18 Å². The van der Waals surface area contributed by atoms with Crippen LogP contribution in [0.3, 0.4) is 0 Å². The standard InChI is InChI=1S/C25H43N3O5S/c1-3-4-5-6-7-8-9-10-11-12-13-14-15-24(29)25(30)23(27-28-26)20-33-34(31,32)22-18-16-21(2)17-19-22/h16-19,23-25,29-30H,3-15,20H2,1-2H3/t23-,24-,25-/m0/s1. The highest BCUT2D eigenvalue weighted by Crippen LogP contribution is 2.18. The molecule has 34 heavy (non-hydrogen) atoms. The van der Waals surface area contributed by atoms with Crippen molar-refractivity contribution in [1.29, 1.82) is 0 Å². The first kappa shape index (κ1) is 30.4. The first-order valence-corrected chi connectivity index (χ1v) is 14.1. The molecule has 8 nitrogen and oxygen atoms in total. The molecule has 0 fully saturated rings. The van der Waals surface area contributed by atoms with E-state index >= 15 is 0 Å². The summed E-state index contributed by atoms with van der Waals surface area (Å²) in [7, 11) is -4.07. The zero-order valence-electron chi connectivity index (χ0n) is 20.8. The summed E-state index contributed by atoms with van der Waals surface area (Å²) in [6.45, 7) is 3.52. The van der Waals surface area contributed by atoms with Crippen LogP contribution in [0.15, 0.2) is 34.3 Å². The van der Waals surface area contributed by atoms with Crippen LogP contribution in [0.25, 0.3) is 10.4 Å². The molecule has 9 heteroatoms. The Morgan fingerprint density at radius 2 is 1.41 bits per heavy atom. The Bertz CT molecular complexity index is 810. The zero-order valence-corrected chi connectivity index (χ0v) is 21.6. The van der Waals surface area contributed by atoms with Crippen molar-refractivity contribution in [3.63, 3.8) is 0 Å². The lowest BCUT2D eigenvalue weighted by Crippen LogP contribution is -2.39. The van der Waals surface area contributed by atoms with E-state index in [9.17, 15) is 18.6 Å². The van der Waals surface area contributed by atoms with E-state index in [1.165, 1.54) is 69.9 Å². The Balaban J connectivity index is 2.30. The SMILES string of the molecule is CCCCCCCCCCCCCC[C@H](O)[C@@H](O)[C@H](COS(=O)(=O)c1ccc(C)cc1)N=[N+]=[N-]. The molecule has 0 radical (unpaired) electrons. The van der Waals surface area contributed by atoms with Crippen molar-refractivity contribution in [1.82, 2.24) is 0 Å². The predicted molar refractivity (Wildman–Crippen MR) is 135 cm³/mol. The van der Waals surface area contributed by atoms with Gasteiger partial charge < -0.3 is 10.2 Å². The highest BCUT2D eigenvalue weighted by Gasteiger charge is 2.28. The lowest BCUT2D eigenvalue weighted by atomic mass is 10.00. The highest BCUT2D eigenvalue weighted by atomic mass is 32.2. The molecule has 0 aromatic heterocycles. The number of hydrogen-bond acceptors (Lipinski definition) is 6. The minimum absolute atomic E-state index is 0.0238. The molecule has 0 aliphatic carbocycles. The normalized spacial score (nSPS) is 14.4. The van der Waals surface area contributed by atoms with E-state index < -0.39 is 35.0 Å². The smallest absolute Gasteiger partial charge is 0.296 e. The van der Waals surface area contributed by atoms with Gasteiger partial charge in [0.25, 0.3) is 10.1 Å². The number of aliphatic hydroxyl groups excluding tert-OH is 2. The number of aryl methyl sites for hydroxylation is 1. The van der Waals surface area contributed by atoms with Gasteiger partial charge in [0, 0.05) is 4.91 Å². The van der Waals surface area contributed by atoms with E-state index in [1.807, 2.05) is 6.92 Å². The number of benzene rings is 1. The Morgan fingerprint density at radius 3 is 1.91 bits per heavy atom. The molecule has 0 bridgehead atoms. The fraction of sp³-hybridized carbons (Fsp3) is 0.760. The van der Waals surface area contributed by atoms with Crippen LogP contribution in [0.4, 0.5) is 0 Å². The van der Waals surface area contributed by atoms with Gasteiger partial charge in [0.2, 0.25) is 0 Å². The lowest BCUT2D eigenvalue weighted by molar-refractivity contribution is -0.00936. The van der Waals surface area contributed by atoms with Gasteiger partial charge in [-0.2, -0.15) is 8.42 Å². The molecule has 2 N–H and O–H groups in total. The second-order valence-electron chi connectivity index (χ2n) is 9.06. The summed E-state index contributed by atoms with van der Waals surface area (Å²) in [5.41, 5.74) is 9.70. The second kappa shape index (κ2) is 17.7. The van der Waals surface area contributed by atoms with Gasteiger partial charge in [-0.05, 0) is 31.0 Å². The molecular weight excluding hydrogens is 454 g/mol. The van der Waals surface area contributed by atoms with E-state index in [0.717, 1.165) is 24.8 Å². The average Bonchev–Trinajstić information content (AvgIpc) is 2.82. The first-order chi connectivity index (χ1) is 16.3. The molecule has 0 saturated heterocycles. The molecule has 0 aliphatic heterocycles. The summed E-state index contributed by atoms with van der Waals surface area (Å²) in [4.78, 5) is 2.65. The van der Waals surface area contributed by atoms with Gasteiger partial charge in [-0.1, -0.05) is 107 Å². The van der Waals surface area contributed by atoms with Crippen molar-refractivity contribution in [3.05, 3.63) is 40.3 Å². The Hall–Kier alpha value is -1.64. The van der Waals surface area contributed by atoms with Crippen molar-refractivity contribution in [2.45, 2.75) is 120 Å². The van der Waals surface area contributed by atoms with Gasteiger partial charge in [0.1, 0.15) is 0 Å². The maximum Gasteiger partial charge on any atom is 0.296 e. The quantitative estimate of drug-likeness (QED) is 0.0728. The fourth-order valence-electron chi connectivity index (χ4n) is 3.82. The molecular formula is C25H43N3O5S. The van der Waals surface area contributed by atoms with Crippen LogP contribution in [0.1, 0.15) is 96.0 Å². The molecule has 0 amide bonds. The average molecular weight is 498 g/mol. The molecule has 0 spiro atoms. The van der Waals surface area contributed by atoms with Gasteiger partial charge in [-0.15, -0.1) is 0 Å². The van der Waals surface area contributed by atoms with Crippen molar-refractivity contribution < 1.29 is 22.8 Å². The van der Waals surface area contributed by atoms with Crippen LogP contribution in [-0.2, 0) is 14.3 Å². The number of azide groups is 1. The topological polar surface area (TPSA) is 133 Å². The molecule has 3 atom stereocenters. The van der Waals surface area contributed by atoms with Gasteiger partial charge in [-0.25, -0.2) is 0 Å². The van der Waals surface area contributed by atoms with E-state index in [1.54, 1.807) is 12.1 Å². The van der Waals surface area contributed by atoms with Crippen LogP contribution >= 0.6 is 0 Å². The molecule has 0 unspecified atom stereocenters. The summed E-state index contributed by atoms with van der Waals surface area (Å²) in [5.74, 6) is 0. The number of nitrogens with zero attached hydrogens (tertiary/aromatic N) is 3. The van der Waals surface area contributed by atoms with Crippen molar-refractivity contribution in [2.75, 3.05) is 6.61 Å². The van der Waals surface area contributed by atoms with Crippen LogP contribution in [0, 0.1) is 6.92 Å². The van der Waals surface area contributed by atoms with E-state index in [2.05, 4.69) is 16.9 Å². The minimum atomic E-state index is -4.07. The van der Waals surface area contributed by atoms with Crippen LogP contribution in [-0.4, -0.2) is 43.5 Å². The molecule has 0 aliphatic rings. The summed E-state index contributed by atoms with van der Waals surface area (Å²) in [6.07, 6.45) is 12.2. The summed E-state index contributed by atoms with van der Waals surface area (Å²) >= 11 is 0. The second-order valence-corrected chi connectivity index (χ2v) is 10.7. The monoisotopic (exact) mass is 497 g/mol. The Labute approximate surface area is 205 Å². The minimum Gasteiger partial charge on any atom is -0.390 e. The van der Waals surface area contributed by atoms with Crippen molar-refractivity contribution in [2.24, 2.45) is 5.11 Å². The third-order valence-corrected chi connectivity index (χ3v) is 7.34. The van der Waals surface area contributed by atoms with Crippen molar-refractivity contribution >= 4 is 10.1 Å². The third kappa shape index (κ3) is 12.7. The fourth-order valence-corrected chi connectivity index (χ4v) is 4.74. The summed E-state index contributed by atoms with van der Waals surface area (Å²) in [6, 6.07) is 4.93. The molecule has 1 aromatic rings. The number of unbranched alkanes of at least 4 members (excludes halogenated alkanes) is 11. The number of rotatable bonds is 20. The molecule has 0 saturated carbocycles. The van der Waals surface area contributed by atoms with Crippen LogP contribution in [0.5, 0.6) is 0 Å². The maximum absolute atomic E-state index is 12.3. The largest absolute Gasteiger partial charge is 0.390 e. The van der Waals surface area contributed by atoms with Crippen LogP contribution < -0.4 is 0 Å². The van der Waals surface area contributed by atoms with E-state index in [-0.39, 0.29) is 4.90 Å². The number of aliphatic hydroxyl groups is 2. The third-order valence-electron chi connectivity index (χ3n) is 6.05. The Morgan fingerprint density at radius 1 is 0.912 bits per heavy atom. The van der Waals surface area contributed by atoms with Gasteiger partial charge in [0.05, 0.1) is 29.8 Å².